The second-order valence-electron chi connectivity index (χ2n) is 6.56. The number of ether oxygens (including phenoxy) is 2. The van der Waals surface area contributed by atoms with Gasteiger partial charge in [-0.15, -0.1) is 24.0 Å². The largest absolute Gasteiger partial charge is 0.490 e. The zero-order valence-electron chi connectivity index (χ0n) is 17.2. The number of aryl methyl sites for hydroxylation is 1. The van der Waals surface area contributed by atoms with E-state index in [1.165, 1.54) is 0 Å². The SMILES string of the molecule is CCNC(=NCCC(=O)Nc1cccc(C)n1)Nc1ccc2c(c1)OCCCO2.I. The van der Waals surface area contributed by atoms with Gasteiger partial charge in [-0.3, -0.25) is 9.79 Å². The van der Waals surface area contributed by atoms with Gasteiger partial charge in [0.1, 0.15) is 5.82 Å². The van der Waals surface area contributed by atoms with E-state index in [1.807, 2.05) is 44.2 Å². The van der Waals surface area contributed by atoms with E-state index in [-0.39, 0.29) is 36.3 Å². The summed E-state index contributed by atoms with van der Waals surface area (Å²) in [6, 6.07) is 11.2. The molecule has 8 nitrogen and oxygen atoms in total. The number of aromatic nitrogens is 1. The summed E-state index contributed by atoms with van der Waals surface area (Å²) in [4.78, 5) is 20.9. The molecule has 9 heteroatoms. The van der Waals surface area contributed by atoms with E-state index in [1.54, 1.807) is 6.07 Å². The predicted molar refractivity (Wildman–Crippen MR) is 129 cm³/mol. The summed E-state index contributed by atoms with van der Waals surface area (Å²) < 4.78 is 11.4. The number of amides is 1. The van der Waals surface area contributed by atoms with E-state index in [9.17, 15) is 4.79 Å². The Bertz CT molecular complexity index is 875. The fourth-order valence-electron chi connectivity index (χ4n) is 2.77. The molecule has 1 aromatic carbocycles. The molecule has 0 aliphatic carbocycles. The van der Waals surface area contributed by atoms with E-state index < -0.39 is 0 Å². The molecule has 0 radical (unpaired) electrons. The van der Waals surface area contributed by atoms with Crippen molar-refractivity contribution in [3.63, 3.8) is 0 Å². The molecule has 3 N–H and O–H groups in total. The van der Waals surface area contributed by atoms with Gasteiger partial charge in [0.25, 0.3) is 0 Å². The summed E-state index contributed by atoms with van der Waals surface area (Å²) in [6.07, 6.45) is 1.12. The molecule has 0 atom stereocenters. The lowest BCUT2D eigenvalue weighted by Crippen LogP contribution is -2.31. The van der Waals surface area contributed by atoms with Gasteiger partial charge in [-0.05, 0) is 38.1 Å². The summed E-state index contributed by atoms with van der Waals surface area (Å²) >= 11 is 0. The van der Waals surface area contributed by atoms with Crippen LogP contribution >= 0.6 is 24.0 Å². The maximum absolute atomic E-state index is 12.1. The van der Waals surface area contributed by atoms with Crippen LogP contribution < -0.4 is 25.4 Å². The van der Waals surface area contributed by atoms with Crippen molar-refractivity contribution in [2.24, 2.45) is 4.99 Å². The second kappa shape index (κ2) is 12.2. The molecule has 0 fully saturated rings. The first-order valence-electron chi connectivity index (χ1n) is 9.82. The average molecular weight is 525 g/mol. The highest BCUT2D eigenvalue weighted by Crippen LogP contribution is 2.32. The van der Waals surface area contributed by atoms with Crippen molar-refractivity contribution in [3.8, 4) is 11.5 Å². The van der Waals surface area contributed by atoms with Crippen molar-refractivity contribution in [3.05, 3.63) is 42.1 Å². The Labute approximate surface area is 193 Å². The van der Waals surface area contributed by atoms with Gasteiger partial charge < -0.3 is 25.4 Å². The minimum Gasteiger partial charge on any atom is -0.490 e. The van der Waals surface area contributed by atoms with Crippen LogP contribution in [0.15, 0.2) is 41.4 Å². The number of hydrogen-bond donors (Lipinski definition) is 3. The molecule has 30 heavy (non-hydrogen) atoms. The zero-order valence-corrected chi connectivity index (χ0v) is 19.6. The molecule has 2 aromatic rings. The number of halogens is 1. The van der Waals surface area contributed by atoms with Gasteiger partial charge in [-0.1, -0.05) is 6.07 Å². The monoisotopic (exact) mass is 525 g/mol. The summed E-state index contributed by atoms with van der Waals surface area (Å²) in [7, 11) is 0. The Morgan fingerprint density at radius 1 is 1.13 bits per heavy atom. The van der Waals surface area contributed by atoms with E-state index in [2.05, 4.69) is 25.9 Å². The fraction of sp³-hybridized carbons (Fsp3) is 0.381. The molecule has 0 spiro atoms. The third-order valence-corrected chi connectivity index (χ3v) is 4.12. The summed E-state index contributed by atoms with van der Waals surface area (Å²) in [6.45, 7) is 6.21. The molecule has 0 saturated carbocycles. The molecule has 2 heterocycles. The van der Waals surface area contributed by atoms with Crippen LogP contribution in [-0.2, 0) is 4.79 Å². The number of nitrogens with one attached hydrogen (secondary N) is 3. The van der Waals surface area contributed by atoms with Crippen LogP contribution in [0.5, 0.6) is 11.5 Å². The van der Waals surface area contributed by atoms with Crippen LogP contribution in [0.3, 0.4) is 0 Å². The van der Waals surface area contributed by atoms with Gasteiger partial charge in [-0.25, -0.2) is 4.98 Å². The van der Waals surface area contributed by atoms with Gasteiger partial charge in [0.15, 0.2) is 17.5 Å². The molecule has 0 bridgehead atoms. The van der Waals surface area contributed by atoms with Gasteiger partial charge in [0, 0.05) is 36.8 Å². The molecule has 0 saturated heterocycles. The smallest absolute Gasteiger partial charge is 0.227 e. The minimum absolute atomic E-state index is 0. The highest BCUT2D eigenvalue weighted by atomic mass is 127. The lowest BCUT2D eigenvalue weighted by Gasteiger charge is -2.13. The van der Waals surface area contributed by atoms with E-state index in [0.717, 1.165) is 23.6 Å². The molecule has 3 rings (SSSR count). The summed E-state index contributed by atoms with van der Waals surface area (Å²) in [5.74, 6) is 2.49. The van der Waals surface area contributed by atoms with Crippen LogP contribution in [0, 0.1) is 6.92 Å². The van der Waals surface area contributed by atoms with E-state index in [0.29, 0.717) is 43.8 Å². The molecule has 0 unspecified atom stereocenters. The van der Waals surface area contributed by atoms with Gasteiger partial charge >= 0.3 is 0 Å². The number of carbonyl (C=O) groups excluding carboxylic acids is 1. The number of guanidine groups is 1. The van der Waals surface area contributed by atoms with Crippen molar-refractivity contribution >= 4 is 47.3 Å². The van der Waals surface area contributed by atoms with Crippen LogP contribution in [0.1, 0.15) is 25.5 Å². The van der Waals surface area contributed by atoms with Crippen molar-refractivity contribution < 1.29 is 14.3 Å². The first-order valence-corrected chi connectivity index (χ1v) is 9.82. The molecular formula is C21H28IN5O3. The second-order valence-corrected chi connectivity index (χ2v) is 6.56. The Hall–Kier alpha value is -2.56. The quantitative estimate of drug-likeness (QED) is 0.303. The van der Waals surface area contributed by atoms with Crippen molar-refractivity contribution in [1.82, 2.24) is 10.3 Å². The highest BCUT2D eigenvalue weighted by Gasteiger charge is 2.11. The number of pyridine rings is 1. The average Bonchev–Trinajstić information content (AvgIpc) is 2.93. The Morgan fingerprint density at radius 3 is 2.70 bits per heavy atom. The molecule has 1 amide bonds. The number of fused-ring (bicyclic) bond motifs is 1. The highest BCUT2D eigenvalue weighted by molar-refractivity contribution is 14.0. The lowest BCUT2D eigenvalue weighted by atomic mass is 10.2. The predicted octanol–water partition coefficient (Wildman–Crippen LogP) is 3.58. The maximum Gasteiger partial charge on any atom is 0.227 e. The standard InChI is InChI=1S/C21H27N5O3.HI/c1-3-22-21(23-11-10-20(27)26-19-7-4-6-15(2)24-19)25-16-8-9-17-18(14-16)29-13-5-12-28-17;/h4,6-9,14H,3,5,10-13H2,1-2H3,(H2,22,23,25)(H,24,26,27);1H. The number of rotatable bonds is 6. The van der Waals surface area contributed by atoms with Crippen molar-refractivity contribution in [1.29, 1.82) is 0 Å². The fourth-order valence-corrected chi connectivity index (χ4v) is 2.77. The molecule has 1 aliphatic rings. The zero-order chi connectivity index (χ0) is 20.5. The molecule has 1 aliphatic heterocycles. The molecular weight excluding hydrogens is 497 g/mol. The summed E-state index contributed by atoms with van der Waals surface area (Å²) in [5.41, 5.74) is 1.69. The first kappa shape index (κ1) is 23.7. The number of aliphatic imine (C=N–C) groups is 1. The van der Waals surface area contributed by atoms with E-state index in [4.69, 9.17) is 9.47 Å². The number of benzene rings is 1. The van der Waals surface area contributed by atoms with E-state index >= 15 is 0 Å². The van der Waals surface area contributed by atoms with Gasteiger partial charge in [0.05, 0.1) is 19.8 Å². The van der Waals surface area contributed by atoms with Crippen molar-refractivity contribution in [2.75, 3.05) is 36.9 Å². The lowest BCUT2D eigenvalue weighted by molar-refractivity contribution is -0.116. The Kier molecular flexibility index (Phi) is 9.65. The Balaban J connectivity index is 0.00000320. The summed E-state index contributed by atoms with van der Waals surface area (Å²) in [5, 5.41) is 9.21. The number of carbonyl (C=O) groups is 1. The van der Waals surface area contributed by atoms with Crippen LogP contribution in [0.2, 0.25) is 0 Å². The normalized spacial score (nSPS) is 12.9. The minimum atomic E-state index is -0.127. The topological polar surface area (TPSA) is 96.9 Å². The van der Waals surface area contributed by atoms with Crippen LogP contribution in [-0.4, -0.2) is 43.2 Å². The number of hydrogen-bond acceptors (Lipinski definition) is 5. The van der Waals surface area contributed by atoms with Crippen molar-refractivity contribution in [2.45, 2.75) is 26.7 Å². The van der Waals surface area contributed by atoms with Gasteiger partial charge in [-0.2, -0.15) is 0 Å². The first-order chi connectivity index (χ1) is 14.1. The van der Waals surface area contributed by atoms with Crippen LogP contribution in [0.25, 0.3) is 0 Å². The third-order valence-electron chi connectivity index (χ3n) is 4.12. The number of anilines is 2. The van der Waals surface area contributed by atoms with Crippen LogP contribution in [0.4, 0.5) is 11.5 Å². The maximum atomic E-state index is 12.1. The number of nitrogens with zero attached hydrogens (tertiary/aromatic N) is 2. The van der Waals surface area contributed by atoms with Gasteiger partial charge in [0.2, 0.25) is 5.91 Å². The Morgan fingerprint density at radius 2 is 1.93 bits per heavy atom. The molecule has 162 valence electrons. The molecule has 1 aromatic heterocycles. The third kappa shape index (κ3) is 7.36.